The Morgan fingerprint density at radius 1 is 1.48 bits per heavy atom. The minimum atomic E-state index is -0.876. The van der Waals surface area contributed by atoms with Gasteiger partial charge in [-0.15, -0.1) is 23.1 Å². The van der Waals surface area contributed by atoms with Crippen LogP contribution in [0.25, 0.3) is 0 Å². The molecule has 0 fully saturated rings. The molecule has 1 aliphatic rings. The molecule has 0 saturated carbocycles. The predicted octanol–water partition coefficient (Wildman–Crippen LogP) is 1.91. The molecule has 0 saturated heterocycles. The second kappa shape index (κ2) is 6.48. The topological polar surface area (TPSA) is 107 Å². The Labute approximate surface area is 143 Å². The third kappa shape index (κ3) is 4.68. The largest absolute Gasteiger partial charge is 0.444 e. The zero-order chi connectivity index (χ0) is 17.3. The Morgan fingerprint density at radius 3 is 2.74 bits per heavy atom. The van der Waals surface area contributed by atoms with Crippen molar-refractivity contribution < 1.29 is 14.3 Å². The minimum absolute atomic E-state index is 0.282. The first-order valence-electron chi connectivity index (χ1n) is 7.03. The van der Waals surface area contributed by atoms with Crippen molar-refractivity contribution in [2.75, 3.05) is 5.75 Å². The van der Waals surface area contributed by atoms with E-state index in [0.717, 1.165) is 5.01 Å². The van der Waals surface area contributed by atoms with Crippen LogP contribution in [0, 0.1) is 0 Å². The highest BCUT2D eigenvalue weighted by Crippen LogP contribution is 2.31. The number of alkyl carbamates (subject to hydrolysis) is 1. The molecule has 1 aromatic rings. The van der Waals surface area contributed by atoms with Crippen LogP contribution in [-0.4, -0.2) is 38.9 Å². The van der Waals surface area contributed by atoms with E-state index in [0.29, 0.717) is 16.5 Å². The third-order valence-corrected chi connectivity index (χ3v) is 5.05. The average Bonchev–Trinajstić information content (AvgIpc) is 3.01. The summed E-state index contributed by atoms with van der Waals surface area (Å²) in [6.07, 6.45) is -0.483. The SMILES string of the molecule is CC(C)(C)OC(=O)NCc1nc(C2=N[C@](C)(C(N)=O)CS2)cs1. The molecule has 2 heterocycles. The van der Waals surface area contributed by atoms with Crippen LogP contribution in [0.5, 0.6) is 0 Å². The minimum Gasteiger partial charge on any atom is -0.444 e. The Hall–Kier alpha value is -1.61. The number of primary amides is 1. The summed E-state index contributed by atoms with van der Waals surface area (Å²) in [6, 6.07) is 0. The van der Waals surface area contributed by atoms with Crippen LogP contribution in [0.3, 0.4) is 0 Å². The van der Waals surface area contributed by atoms with Crippen LogP contribution >= 0.6 is 23.1 Å². The standard InChI is InChI=1S/C14H20N4O3S2/c1-13(2,3)21-12(20)16-5-9-17-8(6-22-9)10-18-14(4,7-23-10)11(15)19/h6H,5,7H2,1-4H3,(H2,15,19)(H,16,20)/t14-/m0/s1. The van der Waals surface area contributed by atoms with Crippen molar-refractivity contribution in [1.82, 2.24) is 10.3 Å². The quantitative estimate of drug-likeness (QED) is 0.857. The molecular formula is C14H20N4O3S2. The molecule has 0 spiro atoms. The fraction of sp³-hybridized carbons (Fsp3) is 0.571. The number of hydrogen-bond donors (Lipinski definition) is 2. The van der Waals surface area contributed by atoms with Crippen LogP contribution in [0.1, 0.15) is 38.4 Å². The van der Waals surface area contributed by atoms with Crippen molar-refractivity contribution >= 4 is 40.1 Å². The maximum Gasteiger partial charge on any atom is 0.408 e. The Kier molecular flexibility index (Phi) is 5.00. The van der Waals surface area contributed by atoms with Gasteiger partial charge in [-0.1, -0.05) is 0 Å². The molecule has 1 atom stereocenters. The first-order valence-corrected chi connectivity index (χ1v) is 8.90. The number of amides is 2. The summed E-state index contributed by atoms with van der Waals surface area (Å²) in [7, 11) is 0. The molecular weight excluding hydrogens is 336 g/mol. The number of aliphatic imine (C=N–C) groups is 1. The van der Waals surface area contributed by atoms with Gasteiger partial charge in [-0.05, 0) is 27.7 Å². The molecule has 3 N–H and O–H groups in total. The lowest BCUT2D eigenvalue weighted by Gasteiger charge is -2.19. The van der Waals surface area contributed by atoms with Crippen molar-refractivity contribution in [2.24, 2.45) is 10.7 Å². The Bertz CT molecular complexity index is 651. The van der Waals surface area contributed by atoms with Gasteiger partial charge in [-0.25, -0.2) is 9.78 Å². The highest BCUT2D eigenvalue weighted by atomic mass is 32.2. The van der Waals surface area contributed by atoms with Crippen LogP contribution < -0.4 is 11.1 Å². The number of nitrogens with zero attached hydrogens (tertiary/aromatic N) is 2. The molecule has 0 aromatic carbocycles. The number of nitrogens with two attached hydrogens (primary N) is 1. The lowest BCUT2D eigenvalue weighted by atomic mass is 10.1. The van der Waals surface area contributed by atoms with E-state index in [1.165, 1.54) is 23.1 Å². The van der Waals surface area contributed by atoms with Gasteiger partial charge in [0.05, 0.1) is 6.54 Å². The molecule has 0 unspecified atom stereocenters. The third-order valence-electron chi connectivity index (χ3n) is 2.92. The number of nitrogens with one attached hydrogen (secondary N) is 1. The highest BCUT2D eigenvalue weighted by Gasteiger charge is 2.37. The molecule has 1 aromatic heterocycles. The maximum absolute atomic E-state index is 11.6. The number of carbonyl (C=O) groups excluding carboxylic acids is 2. The molecule has 0 aliphatic carbocycles. The van der Waals surface area contributed by atoms with Gasteiger partial charge < -0.3 is 15.8 Å². The second-order valence-corrected chi connectivity index (χ2v) is 8.23. The Balaban J connectivity index is 1.97. The van der Waals surface area contributed by atoms with Crippen molar-refractivity contribution in [3.63, 3.8) is 0 Å². The first-order chi connectivity index (χ1) is 10.6. The number of carbonyl (C=O) groups is 2. The van der Waals surface area contributed by atoms with E-state index in [4.69, 9.17) is 10.5 Å². The molecule has 2 amide bonds. The number of hydrogen-bond acceptors (Lipinski definition) is 7. The van der Waals surface area contributed by atoms with Crippen LogP contribution in [0.15, 0.2) is 10.4 Å². The molecule has 0 bridgehead atoms. The average molecular weight is 356 g/mol. The molecule has 9 heteroatoms. The molecule has 2 rings (SSSR count). The molecule has 23 heavy (non-hydrogen) atoms. The highest BCUT2D eigenvalue weighted by molar-refractivity contribution is 8.14. The first kappa shape index (κ1) is 17.7. The van der Waals surface area contributed by atoms with E-state index in [9.17, 15) is 9.59 Å². The van der Waals surface area contributed by atoms with Crippen molar-refractivity contribution in [2.45, 2.75) is 45.4 Å². The fourth-order valence-electron chi connectivity index (χ4n) is 1.71. The maximum atomic E-state index is 11.6. The predicted molar refractivity (Wildman–Crippen MR) is 91.8 cm³/mol. The van der Waals surface area contributed by atoms with E-state index in [-0.39, 0.29) is 6.54 Å². The van der Waals surface area contributed by atoms with E-state index in [2.05, 4.69) is 15.3 Å². The van der Waals surface area contributed by atoms with Crippen molar-refractivity contribution in [3.8, 4) is 0 Å². The fourth-order valence-corrected chi connectivity index (χ4v) is 3.64. The van der Waals surface area contributed by atoms with Crippen LogP contribution in [-0.2, 0) is 16.1 Å². The number of thiazole rings is 1. The van der Waals surface area contributed by atoms with Gasteiger partial charge >= 0.3 is 6.09 Å². The molecule has 1 aliphatic heterocycles. The second-order valence-electron chi connectivity index (χ2n) is 6.33. The van der Waals surface area contributed by atoms with Crippen LogP contribution in [0.4, 0.5) is 4.79 Å². The molecule has 126 valence electrons. The zero-order valence-electron chi connectivity index (χ0n) is 13.5. The van der Waals surface area contributed by atoms with Gasteiger partial charge in [-0.3, -0.25) is 9.79 Å². The van der Waals surface area contributed by atoms with Crippen molar-refractivity contribution in [3.05, 3.63) is 16.1 Å². The van der Waals surface area contributed by atoms with Crippen molar-refractivity contribution in [1.29, 1.82) is 0 Å². The smallest absolute Gasteiger partial charge is 0.408 e. The van der Waals surface area contributed by atoms with Gasteiger partial charge in [0, 0.05) is 11.1 Å². The summed E-state index contributed by atoms with van der Waals surface area (Å²) >= 11 is 2.87. The summed E-state index contributed by atoms with van der Waals surface area (Å²) in [6.45, 7) is 7.41. The van der Waals surface area contributed by atoms with E-state index in [1.807, 2.05) is 5.38 Å². The Morgan fingerprint density at radius 2 is 2.17 bits per heavy atom. The number of thioether (sulfide) groups is 1. The van der Waals surface area contributed by atoms with E-state index in [1.54, 1.807) is 27.7 Å². The van der Waals surface area contributed by atoms with Gasteiger partial charge in [0.25, 0.3) is 0 Å². The summed E-state index contributed by atoms with van der Waals surface area (Å²) in [4.78, 5) is 31.9. The lowest BCUT2D eigenvalue weighted by Crippen LogP contribution is -2.39. The molecule has 0 radical (unpaired) electrons. The summed E-state index contributed by atoms with van der Waals surface area (Å²) < 4.78 is 5.17. The zero-order valence-corrected chi connectivity index (χ0v) is 15.1. The number of aromatic nitrogens is 1. The van der Waals surface area contributed by atoms with Gasteiger partial charge in [0.1, 0.15) is 26.9 Å². The van der Waals surface area contributed by atoms with Gasteiger partial charge in [0.2, 0.25) is 5.91 Å². The summed E-state index contributed by atoms with van der Waals surface area (Å²) in [5.74, 6) is 0.0720. The monoisotopic (exact) mass is 356 g/mol. The van der Waals surface area contributed by atoms with Crippen LogP contribution in [0.2, 0.25) is 0 Å². The summed E-state index contributed by atoms with van der Waals surface area (Å²) in [5.41, 5.74) is 4.66. The van der Waals surface area contributed by atoms with Gasteiger partial charge in [-0.2, -0.15) is 0 Å². The summed E-state index contributed by atoms with van der Waals surface area (Å²) in [5, 5.41) is 5.95. The van der Waals surface area contributed by atoms with E-state index < -0.39 is 23.1 Å². The number of rotatable bonds is 4. The number of ether oxygens (including phenoxy) is 1. The molecule has 7 nitrogen and oxygen atoms in total. The normalized spacial score (nSPS) is 21.0. The van der Waals surface area contributed by atoms with Gasteiger partial charge in [0.15, 0.2) is 0 Å². The lowest BCUT2D eigenvalue weighted by molar-refractivity contribution is -0.121. The van der Waals surface area contributed by atoms with E-state index >= 15 is 0 Å².